The summed E-state index contributed by atoms with van der Waals surface area (Å²) in [6.45, 7) is 3.51. The van der Waals surface area contributed by atoms with E-state index in [1.807, 2.05) is 42.5 Å². The first-order valence-electron chi connectivity index (χ1n) is 9.49. The van der Waals surface area contributed by atoms with Crippen LogP contribution in [0.1, 0.15) is 42.5 Å². The lowest BCUT2D eigenvalue weighted by molar-refractivity contribution is 0.306. The summed E-state index contributed by atoms with van der Waals surface area (Å²) in [5.74, 6) is 0.720. The Morgan fingerprint density at radius 2 is 1.57 bits per heavy atom. The number of ether oxygens (including phenoxy) is 1. The van der Waals surface area contributed by atoms with Gasteiger partial charge in [0.1, 0.15) is 12.4 Å². The van der Waals surface area contributed by atoms with Crippen LogP contribution in [-0.4, -0.2) is 0 Å². The highest BCUT2D eigenvalue weighted by Gasteiger charge is 2.10. The molecule has 0 aliphatic heterocycles. The first kappa shape index (κ1) is 22.3. The largest absolute Gasteiger partial charge is 0.487 e. The van der Waals surface area contributed by atoms with E-state index in [0.717, 1.165) is 36.3 Å². The lowest BCUT2D eigenvalue weighted by Crippen LogP contribution is -2.20. The third-order valence-electron chi connectivity index (χ3n) is 4.57. The van der Waals surface area contributed by atoms with Gasteiger partial charge in [-0.2, -0.15) is 0 Å². The fraction of sp³-hybridized carbons (Fsp3) is 0.250. The fourth-order valence-electron chi connectivity index (χ4n) is 3.11. The molecule has 0 radical (unpaired) electrons. The van der Waals surface area contributed by atoms with Gasteiger partial charge in [0.2, 0.25) is 0 Å². The second-order valence-corrected chi connectivity index (χ2v) is 7.08. The third kappa shape index (κ3) is 6.56. The molecule has 3 aromatic rings. The molecule has 0 aromatic heterocycles. The van der Waals surface area contributed by atoms with Gasteiger partial charge < -0.3 is 10.1 Å². The molecular weight excluding hydrogens is 389 g/mol. The van der Waals surface area contributed by atoms with Crippen molar-refractivity contribution < 1.29 is 4.74 Å². The summed E-state index contributed by atoms with van der Waals surface area (Å²) < 4.78 is 5.86. The van der Waals surface area contributed by atoms with Crippen LogP contribution in [0.2, 0.25) is 5.02 Å². The second kappa shape index (κ2) is 11.8. The van der Waals surface area contributed by atoms with Crippen LogP contribution < -0.4 is 10.1 Å². The maximum Gasteiger partial charge on any atom is 0.138 e. The van der Waals surface area contributed by atoms with Gasteiger partial charge in [-0.05, 0) is 35.2 Å². The van der Waals surface area contributed by atoms with Crippen LogP contribution >= 0.6 is 24.0 Å². The standard InChI is InChI=1S/C24H26ClNO.ClH/c1-2-9-23(21-12-7-4-8-13-21)26-17-20-14-15-24(22(25)16-20)27-18-19-10-5-3-6-11-19;/h3-8,10-16,23,26H,2,9,17-18H2,1H3;1H. The monoisotopic (exact) mass is 415 g/mol. The molecule has 0 aliphatic carbocycles. The molecule has 0 bridgehead atoms. The summed E-state index contributed by atoms with van der Waals surface area (Å²) in [5.41, 5.74) is 3.61. The molecular formula is C24H27Cl2NO. The summed E-state index contributed by atoms with van der Waals surface area (Å²) in [6.07, 6.45) is 2.25. The molecule has 0 amide bonds. The Balaban J connectivity index is 0.00000280. The molecule has 1 unspecified atom stereocenters. The SMILES string of the molecule is CCCC(NCc1ccc(OCc2ccccc2)c(Cl)c1)c1ccccc1.Cl. The highest BCUT2D eigenvalue weighted by Crippen LogP contribution is 2.27. The molecule has 0 aliphatic rings. The molecule has 0 fully saturated rings. The molecule has 2 nitrogen and oxygen atoms in total. The van der Waals surface area contributed by atoms with Crippen molar-refractivity contribution in [2.45, 2.75) is 39.0 Å². The highest BCUT2D eigenvalue weighted by atomic mass is 35.5. The molecule has 0 spiro atoms. The predicted octanol–water partition coefficient (Wildman–Crippen LogP) is 6.97. The van der Waals surface area contributed by atoms with E-state index in [4.69, 9.17) is 16.3 Å². The third-order valence-corrected chi connectivity index (χ3v) is 4.86. The summed E-state index contributed by atoms with van der Waals surface area (Å²) in [4.78, 5) is 0. The van der Waals surface area contributed by atoms with Crippen LogP contribution in [0.15, 0.2) is 78.9 Å². The fourth-order valence-corrected chi connectivity index (χ4v) is 3.37. The molecule has 0 saturated carbocycles. The van der Waals surface area contributed by atoms with Crippen molar-refractivity contribution in [3.63, 3.8) is 0 Å². The zero-order valence-corrected chi connectivity index (χ0v) is 17.7. The number of halogens is 2. The van der Waals surface area contributed by atoms with Gasteiger partial charge in [0.15, 0.2) is 0 Å². The predicted molar refractivity (Wildman–Crippen MR) is 120 cm³/mol. The lowest BCUT2D eigenvalue weighted by atomic mass is 10.0. The van der Waals surface area contributed by atoms with Crippen molar-refractivity contribution in [1.82, 2.24) is 5.32 Å². The summed E-state index contributed by atoms with van der Waals surface area (Å²) >= 11 is 6.44. The van der Waals surface area contributed by atoms with Crippen LogP contribution in [0.3, 0.4) is 0 Å². The van der Waals surface area contributed by atoms with E-state index in [0.29, 0.717) is 17.7 Å². The van der Waals surface area contributed by atoms with Crippen molar-refractivity contribution in [2.24, 2.45) is 0 Å². The quantitative estimate of drug-likeness (QED) is 0.407. The van der Waals surface area contributed by atoms with Gasteiger partial charge in [-0.1, -0.05) is 91.7 Å². The van der Waals surface area contributed by atoms with E-state index < -0.39 is 0 Å². The minimum atomic E-state index is 0. The number of hydrogen-bond donors (Lipinski definition) is 1. The van der Waals surface area contributed by atoms with Crippen LogP contribution in [0.25, 0.3) is 0 Å². The van der Waals surface area contributed by atoms with Gasteiger partial charge >= 0.3 is 0 Å². The number of benzene rings is 3. The van der Waals surface area contributed by atoms with Gasteiger partial charge in [0, 0.05) is 12.6 Å². The van der Waals surface area contributed by atoms with Crippen molar-refractivity contribution in [3.8, 4) is 5.75 Å². The first-order chi connectivity index (χ1) is 13.3. The Morgan fingerprint density at radius 1 is 0.893 bits per heavy atom. The average molecular weight is 416 g/mol. The molecule has 148 valence electrons. The van der Waals surface area contributed by atoms with E-state index in [2.05, 4.69) is 48.6 Å². The highest BCUT2D eigenvalue weighted by molar-refractivity contribution is 6.32. The van der Waals surface area contributed by atoms with Crippen LogP contribution in [0.4, 0.5) is 0 Å². The van der Waals surface area contributed by atoms with Crippen LogP contribution in [0, 0.1) is 0 Å². The molecule has 1 N–H and O–H groups in total. The second-order valence-electron chi connectivity index (χ2n) is 6.67. The molecule has 3 rings (SSSR count). The lowest BCUT2D eigenvalue weighted by Gasteiger charge is -2.19. The van der Waals surface area contributed by atoms with Crippen molar-refractivity contribution in [1.29, 1.82) is 0 Å². The Bertz CT molecular complexity index is 825. The van der Waals surface area contributed by atoms with Gasteiger partial charge in [-0.25, -0.2) is 0 Å². The normalized spacial score (nSPS) is 11.5. The van der Waals surface area contributed by atoms with Gasteiger partial charge in [0.25, 0.3) is 0 Å². The van der Waals surface area contributed by atoms with E-state index in [1.54, 1.807) is 0 Å². The minimum Gasteiger partial charge on any atom is -0.487 e. The summed E-state index contributed by atoms with van der Waals surface area (Å²) in [7, 11) is 0. The van der Waals surface area contributed by atoms with E-state index in [-0.39, 0.29) is 12.4 Å². The van der Waals surface area contributed by atoms with E-state index in [9.17, 15) is 0 Å². The van der Waals surface area contributed by atoms with Gasteiger partial charge in [-0.3, -0.25) is 0 Å². The van der Waals surface area contributed by atoms with Crippen molar-refractivity contribution in [2.75, 3.05) is 0 Å². The Hall–Kier alpha value is -2.00. The maximum atomic E-state index is 6.44. The number of hydrogen-bond acceptors (Lipinski definition) is 2. The molecule has 1 atom stereocenters. The summed E-state index contributed by atoms with van der Waals surface area (Å²) in [5, 5.41) is 4.31. The maximum absolute atomic E-state index is 6.44. The van der Waals surface area contributed by atoms with Crippen molar-refractivity contribution in [3.05, 3.63) is 101 Å². The van der Waals surface area contributed by atoms with Crippen LogP contribution in [-0.2, 0) is 13.2 Å². The van der Waals surface area contributed by atoms with Gasteiger partial charge in [-0.15, -0.1) is 12.4 Å². The molecule has 3 aromatic carbocycles. The number of rotatable bonds is 9. The smallest absolute Gasteiger partial charge is 0.138 e. The van der Waals surface area contributed by atoms with E-state index >= 15 is 0 Å². The Morgan fingerprint density at radius 3 is 2.21 bits per heavy atom. The first-order valence-corrected chi connectivity index (χ1v) is 9.87. The topological polar surface area (TPSA) is 21.3 Å². The number of nitrogens with one attached hydrogen (secondary N) is 1. The Labute approximate surface area is 179 Å². The van der Waals surface area contributed by atoms with Crippen molar-refractivity contribution >= 4 is 24.0 Å². The Kier molecular flexibility index (Phi) is 9.36. The molecule has 0 heterocycles. The minimum absolute atomic E-state index is 0. The summed E-state index contributed by atoms with van der Waals surface area (Å²) in [6, 6.07) is 27.1. The zero-order chi connectivity index (χ0) is 18.9. The average Bonchev–Trinajstić information content (AvgIpc) is 2.72. The zero-order valence-electron chi connectivity index (χ0n) is 16.1. The van der Waals surface area contributed by atoms with E-state index in [1.165, 1.54) is 5.56 Å². The van der Waals surface area contributed by atoms with Gasteiger partial charge in [0.05, 0.1) is 5.02 Å². The molecule has 4 heteroatoms. The van der Waals surface area contributed by atoms with Crippen LogP contribution in [0.5, 0.6) is 5.75 Å². The molecule has 28 heavy (non-hydrogen) atoms. The molecule has 0 saturated heterocycles.